The van der Waals surface area contributed by atoms with Gasteiger partial charge in [-0.3, -0.25) is 0 Å². The minimum Gasteiger partial charge on any atom is -0.453 e. The van der Waals surface area contributed by atoms with Crippen LogP contribution in [0.15, 0.2) is 0 Å². The smallest absolute Gasteiger partial charge is 0.409 e. The molecule has 1 aliphatic rings. The van der Waals surface area contributed by atoms with E-state index in [9.17, 15) is 13.2 Å². The molecule has 0 radical (unpaired) electrons. The second-order valence-corrected chi connectivity index (χ2v) is 5.83. The molecule has 0 spiro atoms. The zero-order valence-corrected chi connectivity index (χ0v) is 10.6. The van der Waals surface area contributed by atoms with Crippen LogP contribution in [-0.4, -0.2) is 68.6 Å². The molecule has 1 rings (SSSR count). The Bertz CT molecular complexity index is 338. The topological polar surface area (TPSA) is 66.9 Å². The summed E-state index contributed by atoms with van der Waals surface area (Å²) in [6.45, 7) is 1.31. The number of sulfonamides is 1. The van der Waals surface area contributed by atoms with Crippen LogP contribution in [0.5, 0.6) is 0 Å². The number of carbonyl (C=O) groups is 1. The van der Waals surface area contributed by atoms with E-state index in [1.165, 1.54) is 16.3 Å². The predicted octanol–water partition coefficient (Wildman–Crippen LogP) is -0.0610. The van der Waals surface area contributed by atoms with E-state index < -0.39 is 16.1 Å². The summed E-state index contributed by atoms with van der Waals surface area (Å²) < 4.78 is 29.2. The second kappa shape index (κ2) is 5.70. The second-order valence-electron chi connectivity index (χ2n) is 3.36. The van der Waals surface area contributed by atoms with E-state index in [1.807, 2.05) is 0 Å². The third-order valence-corrected chi connectivity index (χ3v) is 4.69. The lowest BCUT2D eigenvalue weighted by molar-refractivity contribution is 0.108. The predicted molar refractivity (Wildman–Crippen MR) is 60.1 cm³/mol. The Kier molecular flexibility index (Phi) is 4.82. The standard InChI is InChI=1S/C8H15ClN2O4S/c1-15-8(12)10-3-5-11(6-4-10)16(13,14)7-2-9/h2-7H2,1H3. The van der Waals surface area contributed by atoms with Crippen LogP contribution in [0.1, 0.15) is 0 Å². The molecule has 1 amide bonds. The third-order valence-electron chi connectivity index (χ3n) is 2.40. The largest absolute Gasteiger partial charge is 0.453 e. The van der Waals surface area contributed by atoms with Crippen LogP contribution in [0.25, 0.3) is 0 Å². The van der Waals surface area contributed by atoms with Crippen LogP contribution in [0, 0.1) is 0 Å². The molecule has 0 N–H and O–H groups in total. The van der Waals surface area contributed by atoms with Gasteiger partial charge in [-0.1, -0.05) is 0 Å². The first kappa shape index (κ1) is 13.5. The molecular weight excluding hydrogens is 256 g/mol. The van der Waals surface area contributed by atoms with Gasteiger partial charge in [-0.15, -0.1) is 11.6 Å². The van der Waals surface area contributed by atoms with Crippen molar-refractivity contribution in [2.24, 2.45) is 0 Å². The van der Waals surface area contributed by atoms with Crippen LogP contribution in [0.4, 0.5) is 4.79 Å². The summed E-state index contributed by atoms with van der Waals surface area (Å²) in [5.41, 5.74) is 0. The van der Waals surface area contributed by atoms with Gasteiger partial charge in [0.15, 0.2) is 0 Å². The SMILES string of the molecule is COC(=O)N1CCN(S(=O)(=O)CCCl)CC1. The number of piperazine rings is 1. The van der Waals surface area contributed by atoms with Crippen LogP contribution >= 0.6 is 11.6 Å². The zero-order chi connectivity index (χ0) is 12.2. The van der Waals surface area contributed by atoms with Crippen molar-refractivity contribution in [3.05, 3.63) is 0 Å². The van der Waals surface area contributed by atoms with Gasteiger partial charge in [0.25, 0.3) is 0 Å². The lowest BCUT2D eigenvalue weighted by Crippen LogP contribution is -2.51. The number of ether oxygens (including phenoxy) is 1. The molecule has 8 heteroatoms. The third kappa shape index (κ3) is 3.23. The summed E-state index contributed by atoms with van der Waals surface area (Å²) in [7, 11) is -1.96. The lowest BCUT2D eigenvalue weighted by atomic mass is 10.4. The van der Waals surface area contributed by atoms with Gasteiger partial charge in [0, 0.05) is 32.1 Å². The van der Waals surface area contributed by atoms with Crippen LogP contribution < -0.4 is 0 Å². The van der Waals surface area contributed by atoms with E-state index in [0.717, 1.165) is 0 Å². The minimum atomic E-state index is -3.27. The van der Waals surface area contributed by atoms with E-state index in [1.54, 1.807) is 0 Å². The summed E-state index contributed by atoms with van der Waals surface area (Å²) in [5, 5.41) is 0. The van der Waals surface area contributed by atoms with Crippen molar-refractivity contribution in [3.63, 3.8) is 0 Å². The highest BCUT2D eigenvalue weighted by atomic mass is 35.5. The van der Waals surface area contributed by atoms with Gasteiger partial charge >= 0.3 is 6.09 Å². The molecule has 0 unspecified atom stereocenters. The Hall–Kier alpha value is -0.530. The van der Waals surface area contributed by atoms with Crippen molar-refractivity contribution in [1.82, 2.24) is 9.21 Å². The summed E-state index contributed by atoms with van der Waals surface area (Å²) in [6.07, 6.45) is -0.422. The van der Waals surface area contributed by atoms with Gasteiger partial charge in [-0.05, 0) is 0 Å². The number of halogens is 1. The van der Waals surface area contributed by atoms with Gasteiger partial charge in [0.05, 0.1) is 12.9 Å². The van der Waals surface area contributed by atoms with Crippen molar-refractivity contribution in [3.8, 4) is 0 Å². The van der Waals surface area contributed by atoms with Crippen LogP contribution in [0.2, 0.25) is 0 Å². The molecule has 0 bridgehead atoms. The van der Waals surface area contributed by atoms with Crippen molar-refractivity contribution in [2.75, 3.05) is 44.9 Å². The lowest BCUT2D eigenvalue weighted by Gasteiger charge is -2.32. The summed E-state index contributed by atoms with van der Waals surface area (Å²) in [6, 6.07) is 0. The van der Waals surface area contributed by atoms with Crippen molar-refractivity contribution >= 4 is 27.7 Å². The fourth-order valence-corrected chi connectivity index (χ4v) is 3.26. The van der Waals surface area contributed by atoms with Gasteiger partial charge < -0.3 is 9.64 Å². The summed E-state index contributed by atoms with van der Waals surface area (Å²) in [4.78, 5) is 12.6. The first-order valence-electron chi connectivity index (χ1n) is 4.88. The molecule has 0 aromatic heterocycles. The normalized spacial score (nSPS) is 18.5. The molecule has 0 aromatic carbocycles. The minimum absolute atomic E-state index is 0.0627. The Morgan fingerprint density at radius 3 is 2.31 bits per heavy atom. The van der Waals surface area contributed by atoms with Crippen molar-refractivity contribution in [1.29, 1.82) is 0 Å². The molecule has 0 atom stereocenters. The Balaban J connectivity index is 2.52. The molecule has 0 aromatic rings. The number of methoxy groups -OCH3 is 1. The molecule has 16 heavy (non-hydrogen) atoms. The van der Waals surface area contributed by atoms with E-state index in [0.29, 0.717) is 26.2 Å². The Labute approximate surface area is 100 Å². The van der Waals surface area contributed by atoms with Crippen LogP contribution in [0.3, 0.4) is 0 Å². The quantitative estimate of drug-likeness (QED) is 0.674. The number of rotatable bonds is 3. The maximum absolute atomic E-state index is 11.6. The number of nitrogens with zero attached hydrogens (tertiary/aromatic N) is 2. The number of carbonyl (C=O) groups excluding carboxylic acids is 1. The number of amides is 1. The molecule has 1 fully saturated rings. The van der Waals surface area contributed by atoms with Gasteiger partial charge in [-0.2, -0.15) is 4.31 Å². The molecule has 0 saturated carbocycles. The monoisotopic (exact) mass is 270 g/mol. The molecule has 1 aliphatic heterocycles. The first-order valence-corrected chi connectivity index (χ1v) is 7.02. The molecule has 0 aliphatic carbocycles. The number of alkyl halides is 1. The first-order chi connectivity index (χ1) is 7.51. The Morgan fingerprint density at radius 1 is 1.31 bits per heavy atom. The number of hydrogen-bond acceptors (Lipinski definition) is 4. The van der Waals surface area contributed by atoms with Crippen molar-refractivity contribution < 1.29 is 17.9 Å². The maximum Gasteiger partial charge on any atom is 0.409 e. The highest BCUT2D eigenvalue weighted by Crippen LogP contribution is 2.09. The maximum atomic E-state index is 11.6. The van der Waals surface area contributed by atoms with Crippen LogP contribution in [-0.2, 0) is 14.8 Å². The van der Waals surface area contributed by atoms with Gasteiger partial charge in [0.1, 0.15) is 0 Å². The van der Waals surface area contributed by atoms with E-state index >= 15 is 0 Å². The summed E-state index contributed by atoms with van der Waals surface area (Å²) >= 11 is 5.42. The van der Waals surface area contributed by atoms with E-state index in [2.05, 4.69) is 4.74 Å². The summed E-state index contributed by atoms with van der Waals surface area (Å²) in [5.74, 6) is 0.0202. The Morgan fingerprint density at radius 2 is 1.88 bits per heavy atom. The average Bonchev–Trinajstić information content (AvgIpc) is 2.28. The number of hydrogen-bond donors (Lipinski definition) is 0. The molecule has 94 valence electrons. The molecule has 1 saturated heterocycles. The van der Waals surface area contributed by atoms with E-state index in [4.69, 9.17) is 11.6 Å². The molecule has 6 nitrogen and oxygen atoms in total. The van der Waals surface area contributed by atoms with Gasteiger partial charge in [0.2, 0.25) is 10.0 Å². The fraction of sp³-hybridized carbons (Fsp3) is 0.875. The average molecular weight is 271 g/mol. The fourth-order valence-electron chi connectivity index (χ4n) is 1.50. The highest BCUT2D eigenvalue weighted by molar-refractivity contribution is 7.89. The van der Waals surface area contributed by atoms with Crippen molar-refractivity contribution in [2.45, 2.75) is 0 Å². The molecular formula is C8H15ClN2O4S. The van der Waals surface area contributed by atoms with Gasteiger partial charge in [-0.25, -0.2) is 13.2 Å². The highest BCUT2D eigenvalue weighted by Gasteiger charge is 2.28. The van der Waals surface area contributed by atoms with E-state index in [-0.39, 0.29) is 11.6 Å². The zero-order valence-electron chi connectivity index (χ0n) is 9.06. The molecule has 1 heterocycles.